The van der Waals surface area contributed by atoms with E-state index in [1.165, 1.54) is 12.8 Å². The Morgan fingerprint density at radius 3 is 2.63 bits per heavy atom. The molecule has 228 valence electrons. The molecule has 0 aromatic carbocycles. The summed E-state index contributed by atoms with van der Waals surface area (Å²) in [5, 5.41) is 11.9. The van der Waals surface area contributed by atoms with Gasteiger partial charge in [0.1, 0.15) is 11.7 Å². The number of fused-ring (bicyclic) bond motifs is 3. The summed E-state index contributed by atoms with van der Waals surface area (Å²) < 4.78 is 13.0. The van der Waals surface area contributed by atoms with Gasteiger partial charge in [0, 0.05) is 23.0 Å². The quantitative estimate of drug-likeness (QED) is 0.249. The smallest absolute Gasteiger partial charge is 0.315 e. The van der Waals surface area contributed by atoms with Gasteiger partial charge in [-0.2, -0.15) is 0 Å². The molecule has 5 fully saturated rings. The van der Waals surface area contributed by atoms with Crippen LogP contribution in [-0.2, 0) is 19.1 Å². The molecule has 6 aliphatic rings. The fraction of sp³-hybridized carbons (Fsp3) is 0.824. The fourth-order valence-corrected chi connectivity index (χ4v) is 11.6. The monoisotopic (exact) mass is 587 g/mol. The number of morpholine rings is 1. The zero-order valence-electron chi connectivity index (χ0n) is 25.6. The molecular formula is C34H50ClNO5. The van der Waals surface area contributed by atoms with E-state index in [9.17, 15) is 14.7 Å². The third-order valence-corrected chi connectivity index (χ3v) is 13.1. The van der Waals surface area contributed by atoms with Crippen LogP contribution in [0.15, 0.2) is 23.3 Å². The minimum absolute atomic E-state index is 0.0230. The molecule has 1 saturated heterocycles. The predicted molar refractivity (Wildman–Crippen MR) is 159 cm³/mol. The number of hydrogen-bond acceptors (Lipinski definition) is 5. The standard InChI is InChI=1S/C34H50ClNO5/c1-19(2)27-11-25-13-32(17-37)28-10-23-8-7-21(5)26(23)9-24(28)12-33(25,34(27,32)31(38)39)18-41-30-15-36(14-22(6)35)29(16-40-30)20(3)4/h11,17,19-21,23-26,28-30H,6-10,12-16,18H2,1-5H3,(H,38,39)/t21-,23+,24?,25?,26-,28?,29+,30+,32?,33?,34+/m1/s1. The highest BCUT2D eigenvalue weighted by atomic mass is 35.5. The number of allylic oxidation sites excluding steroid dienone is 1. The lowest BCUT2D eigenvalue weighted by Gasteiger charge is -2.61. The maximum Gasteiger partial charge on any atom is 0.315 e. The largest absolute Gasteiger partial charge is 0.481 e. The molecule has 1 heterocycles. The zero-order chi connectivity index (χ0) is 29.5. The van der Waals surface area contributed by atoms with Gasteiger partial charge in [0.25, 0.3) is 0 Å². The molecule has 1 N–H and O–H groups in total. The van der Waals surface area contributed by atoms with E-state index in [4.69, 9.17) is 21.1 Å². The zero-order valence-corrected chi connectivity index (χ0v) is 26.4. The normalized spacial score (nSPS) is 46.9. The summed E-state index contributed by atoms with van der Waals surface area (Å²) in [5.74, 6) is 2.16. The van der Waals surface area contributed by atoms with Crippen molar-refractivity contribution in [2.75, 3.05) is 26.3 Å². The summed E-state index contributed by atoms with van der Waals surface area (Å²) in [4.78, 5) is 29.7. The molecule has 11 atom stereocenters. The van der Waals surface area contributed by atoms with Gasteiger partial charge < -0.3 is 19.4 Å². The molecule has 0 spiro atoms. The molecule has 4 saturated carbocycles. The van der Waals surface area contributed by atoms with Crippen LogP contribution >= 0.6 is 11.6 Å². The van der Waals surface area contributed by atoms with Crippen LogP contribution in [0.2, 0.25) is 0 Å². The Labute approximate surface area is 251 Å². The highest BCUT2D eigenvalue weighted by Gasteiger charge is 2.84. The number of nitrogens with zero attached hydrogens (tertiary/aromatic N) is 1. The van der Waals surface area contributed by atoms with Crippen LogP contribution in [0.25, 0.3) is 0 Å². The molecule has 7 heteroatoms. The van der Waals surface area contributed by atoms with Gasteiger partial charge in [-0.1, -0.05) is 70.9 Å². The Morgan fingerprint density at radius 2 is 2.00 bits per heavy atom. The van der Waals surface area contributed by atoms with Gasteiger partial charge in [-0.25, -0.2) is 0 Å². The number of carbonyl (C=O) groups excluding carboxylic acids is 1. The summed E-state index contributed by atoms with van der Waals surface area (Å²) in [6.45, 7) is 16.8. The number of aliphatic carboxylic acids is 1. The second kappa shape index (κ2) is 10.5. The van der Waals surface area contributed by atoms with Crippen molar-refractivity contribution in [3.05, 3.63) is 23.3 Å². The molecule has 6 rings (SSSR count). The maximum absolute atomic E-state index is 13.9. The first-order chi connectivity index (χ1) is 19.4. The number of rotatable bonds is 9. The third-order valence-electron chi connectivity index (χ3n) is 13.0. The lowest BCUT2D eigenvalue weighted by Crippen LogP contribution is -2.65. The Morgan fingerprint density at radius 1 is 1.24 bits per heavy atom. The number of hydrogen-bond donors (Lipinski definition) is 1. The van der Waals surface area contributed by atoms with E-state index < -0.39 is 28.5 Å². The maximum atomic E-state index is 13.9. The lowest BCUT2D eigenvalue weighted by molar-refractivity contribution is -0.234. The second-order valence-corrected chi connectivity index (χ2v) is 15.8. The Kier molecular flexibility index (Phi) is 7.61. The van der Waals surface area contributed by atoms with Crippen molar-refractivity contribution in [1.29, 1.82) is 0 Å². The van der Waals surface area contributed by atoms with Crippen LogP contribution < -0.4 is 0 Å². The molecule has 1 aliphatic heterocycles. The summed E-state index contributed by atoms with van der Waals surface area (Å²) in [7, 11) is 0. The molecule has 6 nitrogen and oxygen atoms in total. The highest BCUT2D eigenvalue weighted by Crippen LogP contribution is 2.82. The van der Waals surface area contributed by atoms with Crippen molar-refractivity contribution < 1.29 is 24.2 Å². The Balaban J connectivity index is 1.36. The average molecular weight is 588 g/mol. The topological polar surface area (TPSA) is 76.1 Å². The molecule has 5 aliphatic carbocycles. The van der Waals surface area contributed by atoms with Crippen LogP contribution in [0.3, 0.4) is 0 Å². The van der Waals surface area contributed by atoms with Gasteiger partial charge in [-0.05, 0) is 79.4 Å². The van der Waals surface area contributed by atoms with Crippen molar-refractivity contribution >= 4 is 23.9 Å². The SMILES string of the molecule is C=C(Cl)CN1C[C@H](OCC23CC4C[C@H]5[C@@H](CC[C@H]5C)CC4C4(C=O)CC2C=C(C(C)C)[C@]43C(=O)O)OC[C@H]1C(C)C. The first kappa shape index (κ1) is 29.8. The summed E-state index contributed by atoms with van der Waals surface area (Å²) in [6, 6.07) is 0.215. The van der Waals surface area contributed by atoms with Gasteiger partial charge in [-0.15, -0.1) is 0 Å². The number of ether oxygens (including phenoxy) is 2. The first-order valence-electron chi connectivity index (χ1n) is 16.1. The third kappa shape index (κ3) is 4.05. The minimum Gasteiger partial charge on any atom is -0.481 e. The molecule has 0 radical (unpaired) electrons. The van der Waals surface area contributed by atoms with E-state index in [0.717, 1.165) is 31.1 Å². The number of carbonyl (C=O) groups is 2. The van der Waals surface area contributed by atoms with E-state index in [2.05, 4.69) is 52.2 Å². The number of carboxylic acids is 1. The molecule has 41 heavy (non-hydrogen) atoms. The van der Waals surface area contributed by atoms with Gasteiger partial charge >= 0.3 is 5.97 Å². The van der Waals surface area contributed by atoms with E-state index in [1.54, 1.807) is 0 Å². The number of halogens is 1. The van der Waals surface area contributed by atoms with Crippen LogP contribution in [-0.4, -0.2) is 60.9 Å². The summed E-state index contributed by atoms with van der Waals surface area (Å²) in [6.07, 6.45) is 8.95. The molecule has 0 aromatic rings. The van der Waals surface area contributed by atoms with Gasteiger partial charge in [0.05, 0.1) is 25.2 Å². The van der Waals surface area contributed by atoms with E-state index in [0.29, 0.717) is 67.3 Å². The Bertz CT molecular complexity index is 1120. The first-order valence-corrected chi connectivity index (χ1v) is 16.5. The number of aldehydes is 1. The highest BCUT2D eigenvalue weighted by molar-refractivity contribution is 6.29. The average Bonchev–Trinajstić information content (AvgIpc) is 3.47. The molecule has 0 aromatic heterocycles. The van der Waals surface area contributed by atoms with Crippen LogP contribution in [0.4, 0.5) is 0 Å². The van der Waals surface area contributed by atoms with Crippen molar-refractivity contribution in [3.63, 3.8) is 0 Å². The van der Waals surface area contributed by atoms with Gasteiger partial charge in [0.15, 0.2) is 6.29 Å². The van der Waals surface area contributed by atoms with E-state index in [1.807, 2.05) is 0 Å². The van der Waals surface area contributed by atoms with Gasteiger partial charge in [-0.3, -0.25) is 9.69 Å². The Hall–Kier alpha value is -1.21. The molecule has 0 amide bonds. The second-order valence-electron chi connectivity index (χ2n) is 15.3. The molecule has 4 bridgehead atoms. The summed E-state index contributed by atoms with van der Waals surface area (Å²) >= 11 is 6.24. The van der Waals surface area contributed by atoms with Crippen molar-refractivity contribution in [3.8, 4) is 0 Å². The van der Waals surface area contributed by atoms with E-state index in [-0.39, 0.29) is 23.8 Å². The molecule has 5 unspecified atom stereocenters. The van der Waals surface area contributed by atoms with Crippen molar-refractivity contribution in [2.24, 2.45) is 63.6 Å². The lowest BCUT2D eigenvalue weighted by atomic mass is 9.40. The molecular weight excluding hydrogens is 538 g/mol. The van der Waals surface area contributed by atoms with Crippen LogP contribution in [0.5, 0.6) is 0 Å². The summed E-state index contributed by atoms with van der Waals surface area (Å²) in [5.41, 5.74) is -1.78. The van der Waals surface area contributed by atoms with Crippen molar-refractivity contribution in [2.45, 2.75) is 85.5 Å². The van der Waals surface area contributed by atoms with Crippen LogP contribution in [0, 0.1) is 63.6 Å². The number of carboxylic acid groups (broad SMARTS) is 1. The predicted octanol–water partition coefficient (Wildman–Crippen LogP) is 6.39. The minimum atomic E-state index is -1.22. The van der Waals surface area contributed by atoms with Gasteiger partial charge in [0.2, 0.25) is 0 Å². The fourth-order valence-electron chi connectivity index (χ4n) is 11.5. The van der Waals surface area contributed by atoms with Crippen LogP contribution in [0.1, 0.15) is 73.1 Å². The van der Waals surface area contributed by atoms with Crippen molar-refractivity contribution in [1.82, 2.24) is 4.90 Å². The van der Waals surface area contributed by atoms with E-state index >= 15 is 0 Å².